The summed E-state index contributed by atoms with van der Waals surface area (Å²) < 4.78 is 17.6. The second-order valence-electron chi connectivity index (χ2n) is 6.99. The monoisotopic (exact) mass is 352 g/mol. The van der Waals surface area contributed by atoms with Crippen molar-refractivity contribution in [2.24, 2.45) is 4.99 Å². The molecule has 0 bridgehead atoms. The molecule has 5 nitrogen and oxygen atoms in total. The van der Waals surface area contributed by atoms with Gasteiger partial charge >= 0.3 is 0 Å². The predicted molar refractivity (Wildman–Crippen MR) is 104 cm³/mol. The zero-order chi connectivity index (χ0) is 18.5. The van der Waals surface area contributed by atoms with Crippen molar-refractivity contribution >= 4 is 17.6 Å². The normalized spacial score (nSPS) is 25.7. The van der Waals surface area contributed by atoms with Crippen molar-refractivity contribution in [3.8, 4) is 17.2 Å². The molecule has 136 valence electrons. The second kappa shape index (κ2) is 5.66. The molecular formula is C21H24N2O3. The number of hydrogen-bond donors (Lipinski definition) is 0. The summed E-state index contributed by atoms with van der Waals surface area (Å²) in [5, 5.41) is 0. The van der Waals surface area contributed by atoms with Crippen LogP contribution in [0.4, 0.5) is 11.4 Å². The molecule has 2 aromatic rings. The number of fused-ring (bicyclic) bond motifs is 2. The van der Waals surface area contributed by atoms with E-state index in [0.717, 1.165) is 6.42 Å². The molecule has 2 unspecified atom stereocenters. The molecule has 0 aromatic heterocycles. The number of nitrogens with zero attached hydrogens (tertiary/aromatic N) is 2. The lowest BCUT2D eigenvalue weighted by molar-refractivity contribution is 0.0699. The van der Waals surface area contributed by atoms with Crippen LogP contribution in [0, 0.1) is 0 Å². The number of benzene rings is 2. The van der Waals surface area contributed by atoms with Gasteiger partial charge in [0.25, 0.3) is 0 Å². The standard InChI is InChI=1S/C21H24N2O3/c1-6-20(2)15-9-7-8-10-16(15)23(3)21(20)13-22-19-17(25-5)11-14(24-4)12-18(19)26-21/h7-13H,6H2,1-5H3. The van der Waals surface area contributed by atoms with Gasteiger partial charge in [0.1, 0.15) is 11.4 Å². The molecule has 0 fully saturated rings. The van der Waals surface area contributed by atoms with Gasteiger partial charge in [-0.15, -0.1) is 0 Å². The van der Waals surface area contributed by atoms with Crippen molar-refractivity contribution in [3.05, 3.63) is 42.0 Å². The third-order valence-electron chi connectivity index (χ3n) is 5.96. The summed E-state index contributed by atoms with van der Waals surface area (Å²) in [7, 11) is 5.33. The maximum absolute atomic E-state index is 6.68. The molecule has 0 N–H and O–H groups in total. The quantitative estimate of drug-likeness (QED) is 0.825. The summed E-state index contributed by atoms with van der Waals surface area (Å²) in [5.74, 6) is 1.99. The Morgan fingerprint density at radius 3 is 2.62 bits per heavy atom. The first-order valence-electron chi connectivity index (χ1n) is 8.84. The van der Waals surface area contributed by atoms with Crippen molar-refractivity contribution in [1.82, 2.24) is 0 Å². The maximum atomic E-state index is 6.68. The minimum atomic E-state index is -0.699. The minimum absolute atomic E-state index is 0.240. The summed E-state index contributed by atoms with van der Waals surface area (Å²) in [5.41, 5.74) is 2.20. The molecule has 2 heterocycles. The van der Waals surface area contributed by atoms with Crippen LogP contribution in [0.25, 0.3) is 0 Å². The first-order valence-corrected chi connectivity index (χ1v) is 8.84. The van der Waals surface area contributed by atoms with Gasteiger partial charge in [0.05, 0.1) is 25.8 Å². The number of anilines is 1. The van der Waals surface area contributed by atoms with Gasteiger partial charge in [0.2, 0.25) is 5.72 Å². The zero-order valence-corrected chi connectivity index (χ0v) is 15.9. The van der Waals surface area contributed by atoms with Gasteiger partial charge in [-0.1, -0.05) is 25.1 Å². The van der Waals surface area contributed by atoms with E-state index < -0.39 is 5.72 Å². The van der Waals surface area contributed by atoms with Gasteiger partial charge in [-0.25, -0.2) is 4.99 Å². The maximum Gasteiger partial charge on any atom is 0.228 e. The fourth-order valence-electron chi connectivity index (χ4n) is 4.21. The van der Waals surface area contributed by atoms with E-state index in [1.54, 1.807) is 14.2 Å². The molecule has 0 aliphatic carbocycles. The lowest BCUT2D eigenvalue weighted by Gasteiger charge is -2.46. The summed E-state index contributed by atoms with van der Waals surface area (Å²) in [6.45, 7) is 4.43. The van der Waals surface area contributed by atoms with Gasteiger partial charge in [0, 0.05) is 24.9 Å². The highest BCUT2D eigenvalue weighted by Gasteiger charge is 2.60. The number of rotatable bonds is 3. The molecule has 2 atom stereocenters. The van der Waals surface area contributed by atoms with Crippen LogP contribution >= 0.6 is 0 Å². The van der Waals surface area contributed by atoms with E-state index in [1.807, 2.05) is 18.3 Å². The van der Waals surface area contributed by atoms with E-state index in [0.29, 0.717) is 22.9 Å². The minimum Gasteiger partial charge on any atom is -0.496 e. The molecule has 26 heavy (non-hydrogen) atoms. The number of likely N-dealkylation sites (N-methyl/N-ethyl adjacent to an activating group) is 1. The molecule has 2 aliphatic heterocycles. The molecule has 5 heteroatoms. The van der Waals surface area contributed by atoms with E-state index in [2.05, 4.69) is 50.1 Å². The number of aliphatic imine (C=N–C) groups is 1. The molecule has 2 aromatic carbocycles. The Balaban J connectivity index is 1.91. The van der Waals surface area contributed by atoms with Gasteiger partial charge in [-0.2, -0.15) is 0 Å². The summed E-state index contributed by atoms with van der Waals surface area (Å²) in [6, 6.07) is 12.2. The van der Waals surface area contributed by atoms with E-state index in [1.165, 1.54) is 11.3 Å². The number of ether oxygens (including phenoxy) is 3. The summed E-state index contributed by atoms with van der Waals surface area (Å²) in [6.07, 6.45) is 2.84. The van der Waals surface area contributed by atoms with Crippen molar-refractivity contribution in [3.63, 3.8) is 0 Å². The van der Waals surface area contributed by atoms with Crippen LogP contribution in [-0.4, -0.2) is 33.2 Å². The van der Waals surface area contributed by atoms with Crippen LogP contribution < -0.4 is 19.1 Å². The molecule has 0 radical (unpaired) electrons. The van der Waals surface area contributed by atoms with Crippen molar-refractivity contribution < 1.29 is 14.2 Å². The Bertz CT molecular complexity index is 895. The summed E-state index contributed by atoms with van der Waals surface area (Å²) in [4.78, 5) is 6.96. The Morgan fingerprint density at radius 1 is 1.15 bits per heavy atom. The zero-order valence-electron chi connectivity index (χ0n) is 15.9. The highest BCUT2D eigenvalue weighted by molar-refractivity contribution is 5.89. The van der Waals surface area contributed by atoms with Crippen molar-refractivity contribution in [1.29, 1.82) is 0 Å². The van der Waals surface area contributed by atoms with Crippen molar-refractivity contribution in [2.45, 2.75) is 31.4 Å². The third-order valence-corrected chi connectivity index (χ3v) is 5.96. The predicted octanol–water partition coefficient (Wildman–Crippen LogP) is 4.31. The number of methoxy groups -OCH3 is 2. The van der Waals surface area contributed by atoms with Gasteiger partial charge < -0.3 is 19.1 Å². The molecule has 4 rings (SSSR count). The van der Waals surface area contributed by atoms with Gasteiger partial charge in [-0.3, -0.25) is 0 Å². The Labute approximate surface area is 154 Å². The second-order valence-corrected chi connectivity index (χ2v) is 6.99. The summed E-state index contributed by atoms with van der Waals surface area (Å²) >= 11 is 0. The number of para-hydroxylation sites is 1. The third kappa shape index (κ3) is 1.94. The SMILES string of the molecule is CCC1(C)c2ccccc2N(C)C12C=Nc1c(OC)cc(OC)cc1O2. The lowest BCUT2D eigenvalue weighted by Crippen LogP contribution is -2.61. The molecule has 0 saturated carbocycles. The van der Waals surface area contributed by atoms with Crippen LogP contribution in [0.3, 0.4) is 0 Å². The number of hydrogen-bond acceptors (Lipinski definition) is 5. The van der Waals surface area contributed by atoms with Gasteiger partial charge in [0.15, 0.2) is 11.5 Å². The molecule has 1 spiro atoms. The van der Waals surface area contributed by atoms with E-state index >= 15 is 0 Å². The molecule has 2 aliphatic rings. The van der Waals surface area contributed by atoms with E-state index in [9.17, 15) is 0 Å². The Hall–Kier alpha value is -2.69. The van der Waals surface area contributed by atoms with Crippen LogP contribution in [0.1, 0.15) is 25.8 Å². The van der Waals surface area contributed by atoms with Crippen LogP contribution in [0.2, 0.25) is 0 Å². The fraction of sp³-hybridized carbons (Fsp3) is 0.381. The highest BCUT2D eigenvalue weighted by Crippen LogP contribution is 2.56. The molecule has 0 saturated heterocycles. The van der Waals surface area contributed by atoms with E-state index in [4.69, 9.17) is 19.2 Å². The van der Waals surface area contributed by atoms with E-state index in [-0.39, 0.29) is 5.41 Å². The largest absolute Gasteiger partial charge is 0.496 e. The van der Waals surface area contributed by atoms with Crippen LogP contribution in [0.5, 0.6) is 17.2 Å². The Morgan fingerprint density at radius 2 is 1.92 bits per heavy atom. The topological polar surface area (TPSA) is 43.3 Å². The average Bonchev–Trinajstić information content (AvgIpc) is 2.87. The van der Waals surface area contributed by atoms with Gasteiger partial charge in [-0.05, 0) is 25.0 Å². The Kier molecular flexibility index (Phi) is 3.65. The fourth-order valence-corrected chi connectivity index (χ4v) is 4.21. The molecule has 0 amide bonds. The lowest BCUT2D eigenvalue weighted by atomic mass is 9.73. The first-order chi connectivity index (χ1) is 12.5. The highest BCUT2D eigenvalue weighted by atomic mass is 16.5. The van der Waals surface area contributed by atoms with Crippen LogP contribution in [-0.2, 0) is 5.41 Å². The molecular weight excluding hydrogens is 328 g/mol. The van der Waals surface area contributed by atoms with Crippen molar-refractivity contribution in [2.75, 3.05) is 26.2 Å². The van der Waals surface area contributed by atoms with Crippen LogP contribution in [0.15, 0.2) is 41.4 Å². The average molecular weight is 352 g/mol. The first kappa shape index (κ1) is 16.8. The smallest absolute Gasteiger partial charge is 0.228 e.